The van der Waals surface area contributed by atoms with Gasteiger partial charge in [-0.25, -0.2) is 9.97 Å². The summed E-state index contributed by atoms with van der Waals surface area (Å²) in [5.41, 5.74) is 2.54. The number of likely N-dealkylation sites (tertiary alicyclic amines) is 1. The number of aldehydes is 1. The lowest BCUT2D eigenvalue weighted by atomic mass is 10.1. The van der Waals surface area contributed by atoms with Gasteiger partial charge in [-0.3, -0.25) is 4.90 Å². The van der Waals surface area contributed by atoms with Crippen molar-refractivity contribution in [3.05, 3.63) is 78.6 Å². The lowest BCUT2D eigenvalue weighted by molar-refractivity contribution is -0.108. The molecule has 180 valence electrons. The molecule has 3 aromatic carbocycles. The van der Waals surface area contributed by atoms with Crippen molar-refractivity contribution < 1.29 is 14.3 Å². The highest BCUT2D eigenvalue weighted by Crippen LogP contribution is 2.35. The van der Waals surface area contributed by atoms with Gasteiger partial charge >= 0.3 is 0 Å². The molecule has 0 radical (unpaired) electrons. The number of fused-ring (bicyclic) bond motifs is 1. The van der Waals surface area contributed by atoms with Crippen LogP contribution < -0.4 is 14.8 Å². The van der Waals surface area contributed by atoms with Gasteiger partial charge in [-0.15, -0.1) is 0 Å². The molecule has 1 fully saturated rings. The zero-order valence-electron chi connectivity index (χ0n) is 20.0. The lowest BCUT2D eigenvalue weighted by Crippen LogP contribution is -2.22. The van der Waals surface area contributed by atoms with Crippen molar-refractivity contribution in [2.24, 2.45) is 5.92 Å². The molecule has 0 saturated carbocycles. The van der Waals surface area contributed by atoms with Crippen LogP contribution in [0.3, 0.4) is 0 Å². The van der Waals surface area contributed by atoms with E-state index in [0.29, 0.717) is 23.9 Å². The highest BCUT2D eigenvalue weighted by atomic mass is 16.5. The molecule has 0 bridgehead atoms. The third kappa shape index (κ3) is 5.45. The summed E-state index contributed by atoms with van der Waals surface area (Å²) in [5, 5.41) is 4.26. The summed E-state index contributed by atoms with van der Waals surface area (Å²) in [6.45, 7) is 2.22. The summed E-state index contributed by atoms with van der Waals surface area (Å²) in [4.78, 5) is 21.8. The number of hydrogen-bond donors (Lipinski definition) is 1. The summed E-state index contributed by atoms with van der Waals surface area (Å²) in [5.74, 6) is 9.58. The summed E-state index contributed by atoms with van der Waals surface area (Å²) in [7, 11) is 1.62. The molecule has 7 nitrogen and oxygen atoms in total. The standard InChI is InChI=1S/C29H26N4O3/c1-35-28-18-23(10-12-27(28)36-24-5-3-2-4-6-24)32-29-25-17-21(9-11-26(25)30-20-31-29)7-8-22-13-14-33(19-22)15-16-34/h2-6,9-12,16-18,20,22H,13-15,19H2,1H3,(H,30,31,32). The molecular formula is C29H26N4O3. The number of ether oxygens (including phenoxy) is 2. The van der Waals surface area contributed by atoms with Crippen molar-refractivity contribution in [3.8, 4) is 29.1 Å². The zero-order valence-corrected chi connectivity index (χ0v) is 20.0. The Labute approximate surface area is 210 Å². The Kier molecular flexibility index (Phi) is 7.06. The molecule has 1 aromatic heterocycles. The van der Waals surface area contributed by atoms with Crippen molar-refractivity contribution in [3.63, 3.8) is 0 Å². The second kappa shape index (κ2) is 10.9. The van der Waals surface area contributed by atoms with Crippen molar-refractivity contribution in [2.75, 3.05) is 32.1 Å². The van der Waals surface area contributed by atoms with E-state index in [4.69, 9.17) is 9.47 Å². The average molecular weight is 479 g/mol. The fraction of sp³-hybridized carbons (Fsp3) is 0.207. The molecule has 1 aliphatic rings. The van der Waals surface area contributed by atoms with Crippen molar-refractivity contribution in [1.29, 1.82) is 0 Å². The fourth-order valence-corrected chi connectivity index (χ4v) is 4.22. The van der Waals surface area contributed by atoms with Gasteiger partial charge in [0, 0.05) is 35.2 Å². The van der Waals surface area contributed by atoms with Gasteiger partial charge in [0.25, 0.3) is 0 Å². The first kappa shape index (κ1) is 23.3. The third-order valence-corrected chi connectivity index (χ3v) is 6.06. The van der Waals surface area contributed by atoms with Gasteiger partial charge in [-0.05, 0) is 55.4 Å². The monoisotopic (exact) mass is 478 g/mol. The van der Waals surface area contributed by atoms with Crippen LogP contribution in [-0.4, -0.2) is 47.9 Å². The summed E-state index contributed by atoms with van der Waals surface area (Å²) < 4.78 is 11.5. The van der Waals surface area contributed by atoms with Gasteiger partial charge < -0.3 is 19.6 Å². The van der Waals surface area contributed by atoms with Crippen molar-refractivity contribution in [1.82, 2.24) is 14.9 Å². The molecule has 1 atom stereocenters. The molecule has 1 aliphatic heterocycles. The van der Waals surface area contributed by atoms with Crippen molar-refractivity contribution in [2.45, 2.75) is 6.42 Å². The molecule has 1 saturated heterocycles. The predicted octanol–water partition coefficient (Wildman–Crippen LogP) is 5.05. The van der Waals surface area contributed by atoms with E-state index >= 15 is 0 Å². The van der Waals surface area contributed by atoms with Gasteiger partial charge in [0.1, 0.15) is 24.2 Å². The van der Waals surface area contributed by atoms with E-state index < -0.39 is 0 Å². The van der Waals surface area contributed by atoms with E-state index in [2.05, 4.69) is 32.0 Å². The number of anilines is 2. The first-order valence-corrected chi connectivity index (χ1v) is 11.8. The Morgan fingerprint density at radius 1 is 1.08 bits per heavy atom. The second-order valence-electron chi connectivity index (χ2n) is 8.54. The van der Waals surface area contributed by atoms with Crippen LogP contribution in [-0.2, 0) is 4.79 Å². The predicted molar refractivity (Wildman–Crippen MR) is 140 cm³/mol. The molecule has 5 rings (SSSR count). The average Bonchev–Trinajstić information content (AvgIpc) is 3.37. The maximum Gasteiger partial charge on any atom is 0.169 e. The number of nitrogens with zero attached hydrogens (tertiary/aromatic N) is 3. The fourth-order valence-electron chi connectivity index (χ4n) is 4.22. The Bertz CT molecular complexity index is 1430. The first-order chi connectivity index (χ1) is 17.7. The topological polar surface area (TPSA) is 76.6 Å². The number of nitrogens with one attached hydrogen (secondary N) is 1. The van der Waals surface area contributed by atoms with Gasteiger partial charge in [0.15, 0.2) is 11.5 Å². The number of hydrogen-bond acceptors (Lipinski definition) is 7. The van der Waals surface area contributed by atoms with Crippen LogP contribution in [0.2, 0.25) is 0 Å². The van der Waals surface area contributed by atoms with Gasteiger partial charge in [0.2, 0.25) is 0 Å². The van der Waals surface area contributed by atoms with Crippen LogP contribution in [0.1, 0.15) is 12.0 Å². The van der Waals surface area contributed by atoms with E-state index in [1.165, 1.54) is 0 Å². The van der Waals surface area contributed by atoms with E-state index in [9.17, 15) is 4.79 Å². The zero-order chi connectivity index (χ0) is 24.7. The SMILES string of the molecule is COc1cc(Nc2ncnc3ccc(C#CC4CCN(CC=O)C4)cc23)ccc1Oc1ccccc1. The van der Waals surface area contributed by atoms with E-state index in [1.54, 1.807) is 13.4 Å². The third-order valence-electron chi connectivity index (χ3n) is 6.06. The van der Waals surface area contributed by atoms with Crippen LogP contribution in [0.5, 0.6) is 17.2 Å². The van der Waals surface area contributed by atoms with Crippen LogP contribution in [0.4, 0.5) is 11.5 Å². The largest absolute Gasteiger partial charge is 0.493 e. The Hall–Kier alpha value is -4.41. The number of carbonyl (C=O) groups excluding carboxylic acids is 1. The number of methoxy groups -OCH3 is 1. The summed E-state index contributed by atoms with van der Waals surface area (Å²) >= 11 is 0. The molecule has 0 aliphatic carbocycles. The molecule has 7 heteroatoms. The molecule has 2 heterocycles. The molecule has 1 N–H and O–H groups in total. The quantitative estimate of drug-likeness (QED) is 0.294. The lowest BCUT2D eigenvalue weighted by Gasteiger charge is -2.13. The number of benzene rings is 3. The number of carbonyl (C=O) groups is 1. The van der Waals surface area contributed by atoms with Crippen molar-refractivity contribution >= 4 is 28.7 Å². The summed E-state index contributed by atoms with van der Waals surface area (Å²) in [6.07, 6.45) is 3.48. The second-order valence-corrected chi connectivity index (χ2v) is 8.54. The highest BCUT2D eigenvalue weighted by molar-refractivity contribution is 5.91. The molecular weight excluding hydrogens is 452 g/mol. The number of rotatable bonds is 7. The number of aromatic nitrogens is 2. The van der Waals surface area contributed by atoms with Gasteiger partial charge in [0.05, 0.1) is 19.2 Å². The molecule has 0 spiro atoms. The minimum atomic E-state index is 0.273. The molecule has 0 amide bonds. The Balaban J connectivity index is 1.37. The minimum absolute atomic E-state index is 0.273. The van der Waals surface area contributed by atoms with E-state index in [-0.39, 0.29) is 5.92 Å². The van der Waals surface area contributed by atoms with Gasteiger partial charge in [-0.2, -0.15) is 0 Å². The first-order valence-electron chi connectivity index (χ1n) is 11.8. The minimum Gasteiger partial charge on any atom is -0.493 e. The summed E-state index contributed by atoms with van der Waals surface area (Å²) in [6, 6.07) is 21.2. The molecule has 1 unspecified atom stereocenters. The Morgan fingerprint density at radius 2 is 1.97 bits per heavy atom. The molecule has 36 heavy (non-hydrogen) atoms. The molecule has 4 aromatic rings. The van der Waals surface area contributed by atoms with Crippen LogP contribution in [0.25, 0.3) is 10.9 Å². The highest BCUT2D eigenvalue weighted by Gasteiger charge is 2.20. The van der Waals surface area contributed by atoms with E-state index in [1.807, 2.05) is 66.7 Å². The smallest absolute Gasteiger partial charge is 0.169 e. The maximum atomic E-state index is 10.8. The van der Waals surface area contributed by atoms with Crippen LogP contribution in [0, 0.1) is 17.8 Å². The normalized spacial score (nSPS) is 15.2. The van der Waals surface area contributed by atoms with Crippen LogP contribution >= 0.6 is 0 Å². The van der Waals surface area contributed by atoms with E-state index in [0.717, 1.165) is 53.7 Å². The number of para-hydroxylation sites is 1. The maximum absolute atomic E-state index is 10.8. The van der Waals surface area contributed by atoms with Crippen LogP contribution in [0.15, 0.2) is 73.1 Å². The van der Waals surface area contributed by atoms with Gasteiger partial charge in [-0.1, -0.05) is 30.0 Å². The Morgan fingerprint density at radius 3 is 2.81 bits per heavy atom.